The summed E-state index contributed by atoms with van der Waals surface area (Å²) < 4.78 is 0. The Morgan fingerprint density at radius 1 is 1.33 bits per heavy atom. The number of hydrogen-bond acceptors (Lipinski definition) is 6. The van der Waals surface area contributed by atoms with E-state index in [0.717, 1.165) is 25.1 Å². The third-order valence-electron chi connectivity index (χ3n) is 4.95. The molecule has 1 unspecified atom stereocenters. The first-order valence-electron chi connectivity index (χ1n) is 7.41. The average molecular weight is 288 g/mol. The lowest BCUT2D eigenvalue weighted by atomic mass is 9.92. The third kappa shape index (κ3) is 2.73. The highest BCUT2D eigenvalue weighted by Crippen LogP contribution is 2.40. The van der Waals surface area contributed by atoms with E-state index in [1.807, 2.05) is 0 Å². The topological polar surface area (TPSA) is 88.1 Å². The minimum absolute atomic E-state index is 0.0707. The Kier molecular flexibility index (Phi) is 3.82. The summed E-state index contributed by atoms with van der Waals surface area (Å²) >= 11 is 0. The fourth-order valence-corrected chi connectivity index (χ4v) is 3.78. The number of nitroso groups, excluding NO2 is 2. The van der Waals surface area contributed by atoms with Crippen molar-refractivity contribution in [3.8, 4) is 0 Å². The molecule has 1 aromatic rings. The van der Waals surface area contributed by atoms with Crippen LogP contribution in [0.3, 0.4) is 0 Å². The maximum atomic E-state index is 11.2. The Labute approximate surface area is 123 Å². The highest BCUT2D eigenvalue weighted by atomic mass is 16.3. The van der Waals surface area contributed by atoms with E-state index >= 15 is 0 Å². The molecule has 1 saturated carbocycles. The smallest absolute Gasteiger partial charge is 0.129 e. The maximum Gasteiger partial charge on any atom is 0.129 e. The second-order valence-electron chi connectivity index (χ2n) is 6.32. The van der Waals surface area contributed by atoms with Gasteiger partial charge in [0.1, 0.15) is 11.7 Å². The zero-order chi connectivity index (χ0) is 14.9. The number of hydrogen-bond donors (Lipinski definition) is 1. The van der Waals surface area contributed by atoms with E-state index in [0.29, 0.717) is 18.2 Å². The van der Waals surface area contributed by atoms with Crippen molar-refractivity contribution in [1.29, 1.82) is 0 Å². The Bertz CT molecular complexity index is 533. The van der Waals surface area contributed by atoms with Crippen LogP contribution in [0.1, 0.15) is 30.9 Å². The molecule has 1 aromatic carbocycles. The second kappa shape index (κ2) is 5.61. The van der Waals surface area contributed by atoms with Crippen LogP contribution < -0.4 is 5.73 Å². The van der Waals surface area contributed by atoms with Gasteiger partial charge in [-0.25, -0.2) is 0 Å². The Balaban J connectivity index is 1.67. The number of rotatable bonds is 5. The predicted molar refractivity (Wildman–Crippen MR) is 81.1 cm³/mol. The van der Waals surface area contributed by atoms with Gasteiger partial charge in [-0.1, -0.05) is 23.7 Å². The van der Waals surface area contributed by atoms with Crippen molar-refractivity contribution in [3.05, 3.63) is 39.6 Å². The number of benzene rings is 1. The van der Waals surface area contributed by atoms with E-state index in [9.17, 15) is 9.81 Å². The lowest BCUT2D eigenvalue weighted by Crippen LogP contribution is -2.44. The summed E-state index contributed by atoms with van der Waals surface area (Å²) in [6, 6.07) is 6.30. The van der Waals surface area contributed by atoms with Crippen molar-refractivity contribution in [2.24, 2.45) is 22.0 Å². The highest BCUT2D eigenvalue weighted by molar-refractivity contribution is 5.39. The van der Waals surface area contributed by atoms with Crippen molar-refractivity contribution in [2.45, 2.75) is 30.8 Å². The molecular weight excluding hydrogens is 268 g/mol. The number of nitrogens with two attached hydrogens (primary N) is 1. The molecule has 1 heterocycles. The average Bonchev–Trinajstić information content (AvgIpc) is 2.99. The van der Waals surface area contributed by atoms with Crippen LogP contribution in [0.25, 0.3) is 0 Å². The molecule has 21 heavy (non-hydrogen) atoms. The van der Waals surface area contributed by atoms with Gasteiger partial charge in [-0.15, -0.1) is 4.91 Å². The van der Waals surface area contributed by atoms with Crippen LogP contribution in [0, 0.1) is 15.7 Å². The van der Waals surface area contributed by atoms with Gasteiger partial charge in [0.05, 0.1) is 0 Å². The summed E-state index contributed by atoms with van der Waals surface area (Å²) in [7, 11) is 0. The molecule has 1 saturated heterocycles. The summed E-state index contributed by atoms with van der Waals surface area (Å²) in [5, 5.41) is 6.11. The van der Waals surface area contributed by atoms with Crippen molar-refractivity contribution in [3.63, 3.8) is 0 Å². The summed E-state index contributed by atoms with van der Waals surface area (Å²) in [6.07, 6.45) is 3.48. The van der Waals surface area contributed by atoms with E-state index < -0.39 is 6.04 Å². The molecular formula is C15H20N4O2. The molecule has 2 aliphatic rings. The SMILES string of the molecule is N[C@]12CCC[C@H]1CN(CC(N=O)c1ccc(N=O)cc1)C2. The first-order chi connectivity index (χ1) is 10.1. The Morgan fingerprint density at radius 3 is 2.71 bits per heavy atom. The minimum atomic E-state index is -0.423. The highest BCUT2D eigenvalue weighted by Gasteiger charge is 2.46. The van der Waals surface area contributed by atoms with E-state index in [2.05, 4.69) is 15.3 Å². The van der Waals surface area contributed by atoms with Gasteiger partial charge in [0.25, 0.3) is 0 Å². The fourth-order valence-electron chi connectivity index (χ4n) is 3.78. The number of likely N-dealkylation sites (tertiary alicyclic amines) is 1. The molecule has 0 radical (unpaired) electrons. The van der Waals surface area contributed by atoms with E-state index in [-0.39, 0.29) is 5.54 Å². The first kappa shape index (κ1) is 14.3. The lowest BCUT2D eigenvalue weighted by molar-refractivity contribution is 0.285. The summed E-state index contributed by atoms with van der Waals surface area (Å²) in [5.74, 6) is 0.548. The largest absolute Gasteiger partial charge is 0.324 e. The summed E-state index contributed by atoms with van der Waals surface area (Å²) in [6.45, 7) is 2.39. The second-order valence-corrected chi connectivity index (χ2v) is 6.32. The van der Waals surface area contributed by atoms with Crippen molar-refractivity contribution in [2.75, 3.05) is 19.6 Å². The van der Waals surface area contributed by atoms with Gasteiger partial charge in [0.15, 0.2) is 0 Å². The predicted octanol–water partition coefficient (Wildman–Crippen LogP) is 2.71. The molecule has 0 spiro atoms. The molecule has 112 valence electrons. The van der Waals surface area contributed by atoms with Crippen LogP contribution >= 0.6 is 0 Å². The standard InChI is InChI=1S/C15H20N4O2/c16-15-7-1-2-12(15)8-19(10-15)9-14(18-21)11-3-5-13(17-20)6-4-11/h3-6,12,14H,1-2,7-10,16H2/t12-,14?,15-/m0/s1. The maximum absolute atomic E-state index is 11.2. The van der Waals surface area contributed by atoms with Gasteiger partial charge in [0.2, 0.25) is 0 Å². The number of nitrogens with zero attached hydrogens (tertiary/aromatic N) is 3. The van der Waals surface area contributed by atoms with Crippen LogP contribution in [-0.2, 0) is 0 Å². The Hall–Kier alpha value is -1.66. The van der Waals surface area contributed by atoms with Gasteiger partial charge in [0, 0.05) is 25.2 Å². The zero-order valence-corrected chi connectivity index (χ0v) is 11.9. The molecule has 0 aromatic heterocycles. The van der Waals surface area contributed by atoms with Crippen LogP contribution in [0.5, 0.6) is 0 Å². The van der Waals surface area contributed by atoms with Crippen molar-refractivity contribution in [1.82, 2.24) is 4.90 Å². The summed E-state index contributed by atoms with van der Waals surface area (Å²) in [4.78, 5) is 23.9. The van der Waals surface area contributed by atoms with Gasteiger partial charge in [-0.05, 0) is 41.6 Å². The van der Waals surface area contributed by atoms with Crippen LogP contribution in [0.4, 0.5) is 5.69 Å². The third-order valence-corrected chi connectivity index (χ3v) is 4.95. The fraction of sp³-hybridized carbons (Fsp3) is 0.600. The molecule has 6 nitrogen and oxygen atoms in total. The molecule has 3 atom stereocenters. The molecule has 0 bridgehead atoms. The van der Waals surface area contributed by atoms with Gasteiger partial charge >= 0.3 is 0 Å². The molecule has 6 heteroatoms. The molecule has 3 rings (SSSR count). The lowest BCUT2D eigenvalue weighted by Gasteiger charge is -2.24. The quantitative estimate of drug-likeness (QED) is 0.844. The first-order valence-corrected chi connectivity index (χ1v) is 7.41. The number of fused-ring (bicyclic) bond motifs is 1. The normalized spacial score (nSPS) is 30.0. The molecule has 1 aliphatic carbocycles. The van der Waals surface area contributed by atoms with Gasteiger partial charge < -0.3 is 5.73 Å². The van der Waals surface area contributed by atoms with E-state index in [4.69, 9.17) is 5.73 Å². The van der Waals surface area contributed by atoms with Crippen LogP contribution in [0.2, 0.25) is 0 Å². The van der Waals surface area contributed by atoms with E-state index in [1.165, 1.54) is 12.8 Å². The van der Waals surface area contributed by atoms with Gasteiger partial charge in [-0.3, -0.25) is 4.90 Å². The van der Waals surface area contributed by atoms with E-state index in [1.54, 1.807) is 24.3 Å². The molecule has 2 N–H and O–H groups in total. The van der Waals surface area contributed by atoms with Gasteiger partial charge in [-0.2, -0.15) is 4.91 Å². The van der Waals surface area contributed by atoms with Crippen molar-refractivity contribution >= 4 is 5.69 Å². The summed E-state index contributed by atoms with van der Waals surface area (Å²) in [5.41, 5.74) is 7.56. The van der Waals surface area contributed by atoms with Crippen LogP contribution in [0.15, 0.2) is 34.6 Å². The Morgan fingerprint density at radius 2 is 2.10 bits per heavy atom. The van der Waals surface area contributed by atoms with Crippen molar-refractivity contribution < 1.29 is 0 Å². The monoisotopic (exact) mass is 288 g/mol. The van der Waals surface area contributed by atoms with Crippen LogP contribution in [-0.4, -0.2) is 30.1 Å². The molecule has 0 amide bonds. The zero-order valence-electron chi connectivity index (χ0n) is 11.9. The minimum Gasteiger partial charge on any atom is -0.324 e. The molecule has 2 fully saturated rings. The molecule has 1 aliphatic heterocycles.